The van der Waals surface area contributed by atoms with E-state index in [1.807, 2.05) is 44.2 Å². The Labute approximate surface area is 102 Å². The number of hydrogen-bond donors (Lipinski definition) is 1. The van der Waals surface area contributed by atoms with Crippen molar-refractivity contribution in [3.05, 3.63) is 42.5 Å². The maximum absolute atomic E-state index is 9.68. The summed E-state index contributed by atoms with van der Waals surface area (Å²) in [5.41, 5.74) is 0. The van der Waals surface area contributed by atoms with Crippen molar-refractivity contribution < 1.29 is 9.84 Å². The SMILES string of the molecule is CCC(O)C(C)Oc1ccc2ccccc2c1. The molecule has 2 rings (SSSR count). The van der Waals surface area contributed by atoms with E-state index in [-0.39, 0.29) is 6.10 Å². The van der Waals surface area contributed by atoms with Gasteiger partial charge in [-0.1, -0.05) is 37.3 Å². The molecule has 0 fully saturated rings. The molecule has 2 unspecified atom stereocenters. The third-order valence-corrected chi connectivity index (χ3v) is 3.00. The highest BCUT2D eigenvalue weighted by Gasteiger charge is 2.13. The zero-order chi connectivity index (χ0) is 12.3. The van der Waals surface area contributed by atoms with Gasteiger partial charge in [-0.15, -0.1) is 0 Å². The van der Waals surface area contributed by atoms with E-state index in [1.54, 1.807) is 0 Å². The molecule has 0 saturated carbocycles. The Kier molecular flexibility index (Phi) is 3.64. The molecule has 2 aromatic carbocycles. The molecule has 2 aromatic rings. The van der Waals surface area contributed by atoms with Gasteiger partial charge in [-0.05, 0) is 36.2 Å². The van der Waals surface area contributed by atoms with E-state index in [2.05, 4.69) is 12.1 Å². The summed E-state index contributed by atoms with van der Waals surface area (Å²) < 4.78 is 5.73. The summed E-state index contributed by atoms with van der Waals surface area (Å²) in [7, 11) is 0. The molecule has 0 heterocycles. The largest absolute Gasteiger partial charge is 0.488 e. The molecule has 2 nitrogen and oxygen atoms in total. The first-order chi connectivity index (χ1) is 8.20. The highest BCUT2D eigenvalue weighted by molar-refractivity contribution is 5.83. The molecule has 2 heteroatoms. The second kappa shape index (κ2) is 5.19. The molecule has 2 atom stereocenters. The lowest BCUT2D eigenvalue weighted by Crippen LogP contribution is -2.27. The van der Waals surface area contributed by atoms with Gasteiger partial charge >= 0.3 is 0 Å². The van der Waals surface area contributed by atoms with Crippen LogP contribution in [0.15, 0.2) is 42.5 Å². The number of fused-ring (bicyclic) bond motifs is 1. The summed E-state index contributed by atoms with van der Waals surface area (Å²) in [6.45, 7) is 3.84. The van der Waals surface area contributed by atoms with E-state index in [4.69, 9.17) is 4.74 Å². The topological polar surface area (TPSA) is 29.5 Å². The van der Waals surface area contributed by atoms with Gasteiger partial charge in [-0.3, -0.25) is 0 Å². The lowest BCUT2D eigenvalue weighted by atomic mass is 10.1. The van der Waals surface area contributed by atoms with E-state index in [1.165, 1.54) is 5.39 Å². The monoisotopic (exact) mass is 230 g/mol. The van der Waals surface area contributed by atoms with Gasteiger partial charge in [-0.25, -0.2) is 0 Å². The number of rotatable bonds is 4. The van der Waals surface area contributed by atoms with Gasteiger partial charge in [0.1, 0.15) is 11.9 Å². The second-order valence-electron chi connectivity index (χ2n) is 4.31. The Morgan fingerprint density at radius 3 is 2.53 bits per heavy atom. The molecule has 0 aromatic heterocycles. The maximum Gasteiger partial charge on any atom is 0.122 e. The summed E-state index contributed by atoms with van der Waals surface area (Å²) in [4.78, 5) is 0. The Bertz CT molecular complexity index is 493. The summed E-state index contributed by atoms with van der Waals surface area (Å²) in [5, 5.41) is 12.0. The van der Waals surface area contributed by atoms with Crippen LogP contribution in [0.3, 0.4) is 0 Å². The van der Waals surface area contributed by atoms with Crippen molar-refractivity contribution >= 4 is 10.8 Å². The molecule has 0 saturated heterocycles. The fraction of sp³-hybridized carbons (Fsp3) is 0.333. The highest BCUT2D eigenvalue weighted by atomic mass is 16.5. The van der Waals surface area contributed by atoms with Crippen LogP contribution in [0, 0.1) is 0 Å². The number of aliphatic hydroxyl groups excluding tert-OH is 1. The van der Waals surface area contributed by atoms with Crippen molar-refractivity contribution in [2.45, 2.75) is 32.5 Å². The molecule has 0 bridgehead atoms. The van der Waals surface area contributed by atoms with Crippen LogP contribution in [0.2, 0.25) is 0 Å². The minimum absolute atomic E-state index is 0.179. The Hall–Kier alpha value is -1.54. The highest BCUT2D eigenvalue weighted by Crippen LogP contribution is 2.22. The van der Waals surface area contributed by atoms with Crippen molar-refractivity contribution in [2.75, 3.05) is 0 Å². The van der Waals surface area contributed by atoms with Gasteiger partial charge in [0.15, 0.2) is 0 Å². The van der Waals surface area contributed by atoms with Crippen LogP contribution in [-0.4, -0.2) is 17.3 Å². The van der Waals surface area contributed by atoms with E-state index in [0.29, 0.717) is 6.42 Å². The van der Waals surface area contributed by atoms with Gasteiger partial charge in [0.05, 0.1) is 6.10 Å². The average Bonchev–Trinajstić information content (AvgIpc) is 2.37. The average molecular weight is 230 g/mol. The summed E-state index contributed by atoms with van der Waals surface area (Å²) in [6.07, 6.45) is 0.108. The van der Waals surface area contributed by atoms with Gasteiger partial charge in [-0.2, -0.15) is 0 Å². The first-order valence-corrected chi connectivity index (χ1v) is 6.04. The van der Waals surface area contributed by atoms with Gasteiger partial charge < -0.3 is 9.84 Å². The summed E-state index contributed by atoms with van der Waals surface area (Å²) in [5.74, 6) is 0.809. The minimum Gasteiger partial charge on any atom is -0.488 e. The molecule has 0 aliphatic rings. The first kappa shape index (κ1) is 11.9. The van der Waals surface area contributed by atoms with Gasteiger partial charge in [0.25, 0.3) is 0 Å². The predicted molar refractivity (Wildman–Crippen MR) is 70.3 cm³/mol. The fourth-order valence-corrected chi connectivity index (χ4v) is 1.87. The molecule has 0 aliphatic carbocycles. The maximum atomic E-state index is 9.68. The number of benzene rings is 2. The van der Waals surface area contributed by atoms with Crippen LogP contribution in [0.25, 0.3) is 10.8 Å². The second-order valence-corrected chi connectivity index (χ2v) is 4.31. The fourth-order valence-electron chi connectivity index (χ4n) is 1.87. The van der Waals surface area contributed by atoms with E-state index >= 15 is 0 Å². The van der Waals surface area contributed by atoms with E-state index in [9.17, 15) is 5.11 Å². The Balaban J connectivity index is 2.19. The first-order valence-electron chi connectivity index (χ1n) is 6.04. The molecule has 1 N–H and O–H groups in total. The standard InChI is InChI=1S/C15H18O2/c1-3-15(16)11(2)17-14-9-8-12-6-4-5-7-13(12)10-14/h4-11,15-16H,3H2,1-2H3. The predicted octanol–water partition coefficient (Wildman–Crippen LogP) is 3.38. The van der Waals surface area contributed by atoms with Crippen LogP contribution in [0.5, 0.6) is 5.75 Å². The third-order valence-electron chi connectivity index (χ3n) is 3.00. The molecule has 0 aliphatic heterocycles. The third kappa shape index (κ3) is 2.77. The molecule has 0 spiro atoms. The van der Waals surface area contributed by atoms with E-state index < -0.39 is 6.10 Å². The van der Waals surface area contributed by atoms with Gasteiger partial charge in [0.2, 0.25) is 0 Å². The van der Waals surface area contributed by atoms with Gasteiger partial charge in [0, 0.05) is 0 Å². The summed E-state index contributed by atoms with van der Waals surface area (Å²) >= 11 is 0. The number of aliphatic hydroxyl groups is 1. The van der Waals surface area contributed by atoms with Crippen LogP contribution in [0.4, 0.5) is 0 Å². The molecule has 0 amide bonds. The number of ether oxygens (including phenoxy) is 1. The van der Waals surface area contributed by atoms with Crippen molar-refractivity contribution in [2.24, 2.45) is 0 Å². The van der Waals surface area contributed by atoms with E-state index in [0.717, 1.165) is 11.1 Å². The van der Waals surface area contributed by atoms with Crippen LogP contribution in [-0.2, 0) is 0 Å². The normalized spacial score (nSPS) is 14.5. The lowest BCUT2D eigenvalue weighted by molar-refractivity contribution is 0.0452. The molecule has 17 heavy (non-hydrogen) atoms. The van der Waals surface area contributed by atoms with Crippen molar-refractivity contribution in [1.82, 2.24) is 0 Å². The lowest BCUT2D eigenvalue weighted by Gasteiger charge is -2.19. The summed E-state index contributed by atoms with van der Waals surface area (Å²) in [6, 6.07) is 14.2. The van der Waals surface area contributed by atoms with Crippen LogP contribution >= 0.6 is 0 Å². The van der Waals surface area contributed by atoms with Crippen molar-refractivity contribution in [3.63, 3.8) is 0 Å². The van der Waals surface area contributed by atoms with Crippen LogP contribution in [0.1, 0.15) is 20.3 Å². The molecule has 90 valence electrons. The zero-order valence-corrected chi connectivity index (χ0v) is 10.3. The molecule has 0 radical (unpaired) electrons. The Morgan fingerprint density at radius 1 is 1.12 bits per heavy atom. The zero-order valence-electron chi connectivity index (χ0n) is 10.3. The molecular formula is C15H18O2. The van der Waals surface area contributed by atoms with Crippen LogP contribution < -0.4 is 4.74 Å². The smallest absolute Gasteiger partial charge is 0.122 e. The quantitative estimate of drug-likeness (QED) is 0.872. The molecular weight excluding hydrogens is 212 g/mol. The van der Waals surface area contributed by atoms with Crippen molar-refractivity contribution in [1.29, 1.82) is 0 Å². The van der Waals surface area contributed by atoms with Crippen molar-refractivity contribution in [3.8, 4) is 5.75 Å². The minimum atomic E-state index is -0.415. The Morgan fingerprint density at radius 2 is 1.82 bits per heavy atom. The number of hydrogen-bond acceptors (Lipinski definition) is 2.